The van der Waals surface area contributed by atoms with E-state index in [2.05, 4.69) is 59.1 Å². The number of para-hydroxylation sites is 1. The van der Waals surface area contributed by atoms with Crippen LogP contribution < -0.4 is 5.43 Å². The first kappa shape index (κ1) is 11.2. The topological polar surface area (TPSA) is 20.2 Å². The van der Waals surface area contributed by atoms with Gasteiger partial charge in [0.15, 0.2) is 0 Å². The van der Waals surface area contributed by atoms with E-state index in [4.69, 9.17) is 0 Å². The van der Waals surface area contributed by atoms with E-state index in [1.165, 1.54) is 16.6 Å². The van der Waals surface area contributed by atoms with Crippen molar-refractivity contribution in [3.63, 3.8) is 0 Å². The van der Waals surface area contributed by atoms with Crippen molar-refractivity contribution < 1.29 is 0 Å². The van der Waals surface area contributed by atoms with Crippen LogP contribution >= 0.6 is 0 Å². The predicted octanol–water partition coefficient (Wildman–Crippen LogP) is 1.46. The number of hydrogen-bond acceptors (Lipinski definition) is 2. The van der Waals surface area contributed by atoms with E-state index in [9.17, 15) is 0 Å². The van der Waals surface area contributed by atoms with Gasteiger partial charge >= 0.3 is 0 Å². The summed E-state index contributed by atoms with van der Waals surface area (Å²) in [6, 6.07) is 10.8. The number of hydrazine groups is 1. The SMILES string of the molecule is CBn1c(CN(C)NC)cc2ccccc21. The summed E-state index contributed by atoms with van der Waals surface area (Å²) >= 11 is 0. The molecule has 0 radical (unpaired) electrons. The molecule has 84 valence electrons. The summed E-state index contributed by atoms with van der Waals surface area (Å²) in [6.45, 7) is 3.11. The Morgan fingerprint density at radius 3 is 2.81 bits per heavy atom. The summed E-state index contributed by atoms with van der Waals surface area (Å²) in [4.78, 5) is 0. The van der Waals surface area contributed by atoms with Gasteiger partial charge in [0.05, 0.1) is 6.54 Å². The van der Waals surface area contributed by atoms with Crippen molar-refractivity contribution in [3.05, 3.63) is 36.0 Å². The van der Waals surface area contributed by atoms with Crippen molar-refractivity contribution >= 4 is 18.3 Å². The molecule has 0 aliphatic heterocycles. The highest BCUT2D eigenvalue weighted by atomic mass is 15.5. The molecule has 0 bridgehead atoms. The second-order valence-electron chi connectivity index (χ2n) is 4.02. The molecule has 4 heteroatoms. The minimum atomic E-state index is 0.916. The van der Waals surface area contributed by atoms with E-state index in [1.807, 2.05) is 7.05 Å². The van der Waals surface area contributed by atoms with E-state index in [1.54, 1.807) is 0 Å². The molecule has 2 aromatic rings. The highest BCUT2D eigenvalue weighted by Gasteiger charge is 2.08. The number of benzene rings is 1. The van der Waals surface area contributed by atoms with Crippen LogP contribution in [-0.4, -0.2) is 31.0 Å². The Bertz CT molecular complexity index is 478. The van der Waals surface area contributed by atoms with Crippen LogP contribution in [-0.2, 0) is 6.54 Å². The third kappa shape index (κ3) is 1.99. The molecule has 1 aromatic carbocycles. The zero-order chi connectivity index (χ0) is 11.5. The summed E-state index contributed by atoms with van der Waals surface area (Å²) in [5.74, 6) is 0. The Balaban J connectivity index is 2.44. The monoisotopic (exact) mass is 215 g/mol. The molecule has 0 aliphatic rings. The molecule has 0 fully saturated rings. The Kier molecular flexibility index (Phi) is 3.32. The van der Waals surface area contributed by atoms with Gasteiger partial charge in [-0.05, 0) is 24.6 Å². The van der Waals surface area contributed by atoms with Crippen LogP contribution in [0.1, 0.15) is 5.69 Å². The summed E-state index contributed by atoms with van der Waals surface area (Å²) in [5, 5.41) is 3.41. The van der Waals surface area contributed by atoms with Gasteiger partial charge in [-0.15, -0.1) is 0 Å². The number of fused-ring (bicyclic) bond motifs is 1. The quantitative estimate of drug-likeness (QED) is 0.615. The molecule has 0 aliphatic carbocycles. The normalized spacial score (nSPS) is 11.2. The molecule has 0 atom stereocenters. The van der Waals surface area contributed by atoms with Crippen molar-refractivity contribution in [2.75, 3.05) is 14.1 Å². The molecule has 3 nitrogen and oxygen atoms in total. The van der Waals surface area contributed by atoms with Gasteiger partial charge in [-0.1, -0.05) is 25.0 Å². The molecule has 1 aromatic heterocycles. The first-order valence-electron chi connectivity index (χ1n) is 5.72. The minimum absolute atomic E-state index is 0.916. The van der Waals surface area contributed by atoms with E-state index < -0.39 is 0 Å². The van der Waals surface area contributed by atoms with Crippen LogP contribution in [0.4, 0.5) is 0 Å². The van der Waals surface area contributed by atoms with Crippen LogP contribution in [0.15, 0.2) is 30.3 Å². The van der Waals surface area contributed by atoms with Crippen LogP contribution in [0.25, 0.3) is 10.9 Å². The fourth-order valence-corrected chi connectivity index (χ4v) is 2.09. The van der Waals surface area contributed by atoms with E-state index >= 15 is 0 Å². The summed E-state index contributed by atoms with van der Waals surface area (Å²) in [6.07, 6.45) is 0. The van der Waals surface area contributed by atoms with Crippen LogP contribution in [0.3, 0.4) is 0 Å². The zero-order valence-electron chi connectivity index (χ0n) is 10.2. The number of aromatic nitrogens is 1. The third-order valence-corrected chi connectivity index (χ3v) is 2.99. The maximum absolute atomic E-state index is 3.13. The molecule has 0 spiro atoms. The molecule has 0 saturated heterocycles. The molecule has 0 unspecified atom stereocenters. The lowest BCUT2D eigenvalue weighted by Crippen LogP contribution is -2.31. The van der Waals surface area contributed by atoms with Gasteiger partial charge in [-0.25, -0.2) is 5.01 Å². The van der Waals surface area contributed by atoms with Gasteiger partial charge in [0.2, 0.25) is 7.41 Å². The highest BCUT2D eigenvalue weighted by Crippen LogP contribution is 2.19. The van der Waals surface area contributed by atoms with E-state index in [-0.39, 0.29) is 0 Å². The molecule has 0 amide bonds. The maximum atomic E-state index is 3.13. The van der Waals surface area contributed by atoms with Crippen molar-refractivity contribution in [2.45, 2.75) is 13.4 Å². The van der Waals surface area contributed by atoms with Crippen LogP contribution in [0.5, 0.6) is 0 Å². The van der Waals surface area contributed by atoms with Crippen LogP contribution in [0, 0.1) is 0 Å². The van der Waals surface area contributed by atoms with Gasteiger partial charge in [-0.2, -0.15) is 0 Å². The summed E-state index contributed by atoms with van der Waals surface area (Å²) in [5.41, 5.74) is 5.80. The largest absolute Gasteiger partial charge is 0.392 e. The third-order valence-electron chi connectivity index (χ3n) is 2.99. The predicted molar refractivity (Wildman–Crippen MR) is 70.9 cm³/mol. The number of rotatable bonds is 4. The second-order valence-corrected chi connectivity index (χ2v) is 4.02. The molecule has 0 saturated carbocycles. The molecule has 2 rings (SSSR count). The van der Waals surface area contributed by atoms with Gasteiger partial charge in [-0.3, -0.25) is 5.43 Å². The van der Waals surface area contributed by atoms with Crippen molar-refractivity contribution in [3.8, 4) is 0 Å². The standard InChI is InChI=1S/C12H18BN3/c1-13-16-11(9-15(3)14-2)8-10-6-4-5-7-12(10)16/h4-8,13-14H,9H2,1-3H3. The average Bonchev–Trinajstić information content (AvgIpc) is 2.65. The lowest BCUT2D eigenvalue weighted by Gasteiger charge is -2.16. The fraction of sp³-hybridized carbons (Fsp3) is 0.333. The number of nitrogens with zero attached hydrogens (tertiary/aromatic N) is 2. The molecular formula is C12H18BN3. The van der Waals surface area contributed by atoms with Gasteiger partial charge in [0.25, 0.3) is 0 Å². The summed E-state index contributed by atoms with van der Waals surface area (Å²) in [7, 11) is 5.01. The maximum Gasteiger partial charge on any atom is 0.238 e. The Morgan fingerprint density at radius 2 is 2.12 bits per heavy atom. The molecule has 1 N–H and O–H groups in total. The summed E-state index contributed by atoms with van der Waals surface area (Å²) < 4.78 is 2.36. The molecule has 1 heterocycles. The van der Waals surface area contributed by atoms with Crippen molar-refractivity contribution in [1.29, 1.82) is 0 Å². The average molecular weight is 215 g/mol. The Labute approximate surface area is 97.3 Å². The Morgan fingerprint density at radius 1 is 1.38 bits per heavy atom. The molecule has 16 heavy (non-hydrogen) atoms. The number of hydrogen-bond donors (Lipinski definition) is 1. The zero-order valence-corrected chi connectivity index (χ0v) is 10.2. The Hall–Kier alpha value is -1.26. The minimum Gasteiger partial charge on any atom is -0.392 e. The van der Waals surface area contributed by atoms with E-state index in [0.717, 1.165) is 14.0 Å². The van der Waals surface area contributed by atoms with E-state index in [0.29, 0.717) is 0 Å². The lowest BCUT2D eigenvalue weighted by molar-refractivity contribution is 0.248. The van der Waals surface area contributed by atoms with Gasteiger partial charge in [0.1, 0.15) is 0 Å². The van der Waals surface area contributed by atoms with Crippen LogP contribution in [0.2, 0.25) is 6.82 Å². The number of nitrogens with one attached hydrogen (secondary N) is 1. The first-order chi connectivity index (χ1) is 7.76. The first-order valence-corrected chi connectivity index (χ1v) is 5.72. The fourth-order valence-electron chi connectivity index (χ4n) is 2.09. The smallest absolute Gasteiger partial charge is 0.238 e. The lowest BCUT2D eigenvalue weighted by atomic mass is 9.98. The molecular weight excluding hydrogens is 197 g/mol. The highest BCUT2D eigenvalue weighted by molar-refractivity contribution is 6.34. The van der Waals surface area contributed by atoms with Gasteiger partial charge < -0.3 is 4.48 Å². The van der Waals surface area contributed by atoms with Crippen molar-refractivity contribution in [1.82, 2.24) is 14.9 Å². The second kappa shape index (κ2) is 4.72. The van der Waals surface area contributed by atoms with Gasteiger partial charge in [0, 0.05) is 18.3 Å². The van der Waals surface area contributed by atoms with Crippen molar-refractivity contribution in [2.24, 2.45) is 0 Å².